The van der Waals surface area contributed by atoms with Crippen molar-refractivity contribution in [1.29, 1.82) is 0 Å². The Labute approximate surface area is 133 Å². The second-order valence-corrected chi connectivity index (χ2v) is 5.45. The second kappa shape index (κ2) is 6.12. The number of aryl methyl sites for hydroxylation is 1. The highest BCUT2D eigenvalue weighted by atomic mass is 19.1. The van der Waals surface area contributed by atoms with Crippen molar-refractivity contribution in [2.75, 3.05) is 6.54 Å². The van der Waals surface area contributed by atoms with Crippen LogP contribution in [-0.2, 0) is 13.5 Å². The number of amides is 1. The number of nitrogens with one attached hydrogen (secondary N) is 1. The maximum absolute atomic E-state index is 13.6. The van der Waals surface area contributed by atoms with E-state index in [0.717, 1.165) is 16.5 Å². The van der Waals surface area contributed by atoms with Crippen LogP contribution < -0.4 is 5.32 Å². The summed E-state index contributed by atoms with van der Waals surface area (Å²) in [5.74, 6) is -0.744. The van der Waals surface area contributed by atoms with Crippen LogP contribution in [0.2, 0.25) is 0 Å². The highest BCUT2D eigenvalue weighted by molar-refractivity contribution is 5.94. The molecular weight excluding hydrogens is 295 g/mol. The molecule has 0 aliphatic carbocycles. The van der Waals surface area contributed by atoms with Crippen molar-refractivity contribution in [3.05, 3.63) is 65.6 Å². The van der Waals surface area contributed by atoms with E-state index < -0.39 is 11.7 Å². The number of rotatable bonds is 4. The van der Waals surface area contributed by atoms with Gasteiger partial charge in [0.1, 0.15) is 11.6 Å². The standard InChI is InChI=1S/C18H17FN2O2/c1-21-11-12(15-10-13(22)6-7-17(15)21)8-9-20-18(23)14-4-2-3-5-16(14)19/h2-7,10-11,22H,8-9H2,1H3,(H,20,23). The molecule has 4 nitrogen and oxygen atoms in total. The molecule has 0 unspecified atom stereocenters. The first kappa shape index (κ1) is 15.1. The Morgan fingerprint density at radius 1 is 1.26 bits per heavy atom. The van der Waals surface area contributed by atoms with Gasteiger partial charge in [0.25, 0.3) is 5.91 Å². The molecule has 0 aliphatic heterocycles. The smallest absolute Gasteiger partial charge is 0.254 e. The summed E-state index contributed by atoms with van der Waals surface area (Å²) in [6, 6.07) is 11.1. The first-order chi connectivity index (χ1) is 11.1. The van der Waals surface area contributed by atoms with Gasteiger partial charge in [0, 0.05) is 30.7 Å². The molecule has 118 valence electrons. The predicted octanol–water partition coefficient (Wildman–Crippen LogP) is 3.00. The van der Waals surface area contributed by atoms with Gasteiger partial charge in [-0.1, -0.05) is 12.1 Å². The fourth-order valence-electron chi connectivity index (χ4n) is 2.71. The molecule has 5 heteroatoms. The second-order valence-electron chi connectivity index (χ2n) is 5.45. The van der Waals surface area contributed by atoms with Crippen LogP contribution in [0.4, 0.5) is 4.39 Å². The molecule has 0 radical (unpaired) electrons. The van der Waals surface area contributed by atoms with E-state index in [1.807, 2.05) is 23.9 Å². The topological polar surface area (TPSA) is 54.3 Å². The molecule has 1 heterocycles. The summed E-state index contributed by atoms with van der Waals surface area (Å²) in [5.41, 5.74) is 2.08. The lowest BCUT2D eigenvalue weighted by Gasteiger charge is -2.05. The van der Waals surface area contributed by atoms with Gasteiger partial charge in [0.2, 0.25) is 0 Å². The van der Waals surface area contributed by atoms with Crippen molar-refractivity contribution in [1.82, 2.24) is 9.88 Å². The van der Waals surface area contributed by atoms with Crippen LogP contribution in [-0.4, -0.2) is 22.1 Å². The molecule has 3 rings (SSSR count). The van der Waals surface area contributed by atoms with Gasteiger partial charge in [-0.25, -0.2) is 4.39 Å². The van der Waals surface area contributed by atoms with Crippen LogP contribution in [0, 0.1) is 5.82 Å². The first-order valence-corrected chi connectivity index (χ1v) is 7.36. The molecule has 2 N–H and O–H groups in total. The van der Waals surface area contributed by atoms with Gasteiger partial charge in [-0.3, -0.25) is 4.79 Å². The van der Waals surface area contributed by atoms with E-state index in [1.165, 1.54) is 12.1 Å². The number of hydrogen-bond donors (Lipinski definition) is 2. The van der Waals surface area contributed by atoms with Crippen molar-refractivity contribution >= 4 is 16.8 Å². The first-order valence-electron chi connectivity index (χ1n) is 7.36. The highest BCUT2D eigenvalue weighted by Gasteiger charge is 2.11. The lowest BCUT2D eigenvalue weighted by molar-refractivity contribution is 0.0950. The molecule has 2 aromatic carbocycles. The number of benzene rings is 2. The number of fused-ring (bicyclic) bond motifs is 1. The van der Waals surface area contributed by atoms with E-state index >= 15 is 0 Å². The molecule has 0 atom stereocenters. The lowest BCUT2D eigenvalue weighted by atomic mass is 10.1. The van der Waals surface area contributed by atoms with Crippen LogP contribution in [0.1, 0.15) is 15.9 Å². The monoisotopic (exact) mass is 312 g/mol. The van der Waals surface area contributed by atoms with Gasteiger partial charge in [0.15, 0.2) is 0 Å². The summed E-state index contributed by atoms with van der Waals surface area (Å²) in [6.07, 6.45) is 2.57. The normalized spacial score (nSPS) is 10.9. The summed E-state index contributed by atoms with van der Waals surface area (Å²) in [4.78, 5) is 12.0. The fraction of sp³-hybridized carbons (Fsp3) is 0.167. The van der Waals surface area contributed by atoms with Crippen LogP contribution in [0.15, 0.2) is 48.7 Å². The Morgan fingerprint density at radius 3 is 2.83 bits per heavy atom. The number of carbonyl (C=O) groups is 1. The van der Waals surface area contributed by atoms with Crippen LogP contribution in [0.3, 0.4) is 0 Å². The van der Waals surface area contributed by atoms with Crippen LogP contribution in [0.5, 0.6) is 5.75 Å². The molecule has 0 saturated heterocycles. The zero-order valence-corrected chi connectivity index (χ0v) is 12.7. The van der Waals surface area contributed by atoms with Gasteiger partial charge in [0.05, 0.1) is 5.56 Å². The van der Waals surface area contributed by atoms with Gasteiger partial charge in [-0.15, -0.1) is 0 Å². The van der Waals surface area contributed by atoms with E-state index in [2.05, 4.69) is 5.32 Å². The molecule has 1 amide bonds. The number of phenols is 1. The van der Waals surface area contributed by atoms with E-state index in [0.29, 0.717) is 13.0 Å². The van der Waals surface area contributed by atoms with E-state index in [4.69, 9.17) is 0 Å². The minimum Gasteiger partial charge on any atom is -0.508 e. The third-order valence-electron chi connectivity index (χ3n) is 3.85. The van der Waals surface area contributed by atoms with Gasteiger partial charge >= 0.3 is 0 Å². The Hall–Kier alpha value is -2.82. The number of aromatic hydroxyl groups is 1. The Morgan fingerprint density at radius 2 is 2.04 bits per heavy atom. The molecule has 0 spiro atoms. The minimum absolute atomic E-state index is 0.0445. The van der Waals surface area contributed by atoms with Gasteiger partial charge in [-0.2, -0.15) is 0 Å². The number of halogens is 1. The average Bonchev–Trinajstić information content (AvgIpc) is 2.83. The van der Waals surface area contributed by atoms with Crippen molar-refractivity contribution in [2.24, 2.45) is 7.05 Å². The summed E-state index contributed by atoms with van der Waals surface area (Å²) in [5, 5.41) is 13.3. The molecular formula is C18H17FN2O2. The predicted molar refractivity (Wildman–Crippen MR) is 87.0 cm³/mol. The number of aromatic nitrogens is 1. The average molecular weight is 312 g/mol. The number of hydrogen-bond acceptors (Lipinski definition) is 2. The largest absolute Gasteiger partial charge is 0.508 e. The summed E-state index contributed by atoms with van der Waals surface area (Å²) >= 11 is 0. The maximum atomic E-state index is 13.6. The SMILES string of the molecule is Cn1cc(CCNC(=O)c2ccccc2F)c2cc(O)ccc21. The molecule has 1 aromatic heterocycles. The van der Waals surface area contributed by atoms with E-state index in [1.54, 1.807) is 24.3 Å². The van der Waals surface area contributed by atoms with Crippen molar-refractivity contribution < 1.29 is 14.3 Å². The summed E-state index contributed by atoms with van der Waals surface area (Å²) < 4.78 is 15.5. The fourth-order valence-corrected chi connectivity index (χ4v) is 2.71. The van der Waals surface area contributed by atoms with Crippen molar-refractivity contribution in [2.45, 2.75) is 6.42 Å². The van der Waals surface area contributed by atoms with Crippen LogP contribution >= 0.6 is 0 Å². The molecule has 3 aromatic rings. The third-order valence-corrected chi connectivity index (χ3v) is 3.85. The van der Waals surface area contributed by atoms with Crippen molar-refractivity contribution in [3.63, 3.8) is 0 Å². The van der Waals surface area contributed by atoms with Crippen molar-refractivity contribution in [3.8, 4) is 5.75 Å². The summed E-state index contributed by atoms with van der Waals surface area (Å²) in [6.45, 7) is 0.391. The maximum Gasteiger partial charge on any atom is 0.254 e. The third kappa shape index (κ3) is 3.04. The number of carbonyl (C=O) groups excluding carboxylic acids is 1. The van der Waals surface area contributed by atoms with E-state index in [9.17, 15) is 14.3 Å². The van der Waals surface area contributed by atoms with Crippen LogP contribution in [0.25, 0.3) is 10.9 Å². The molecule has 0 bridgehead atoms. The number of nitrogens with zero attached hydrogens (tertiary/aromatic N) is 1. The molecule has 0 fully saturated rings. The molecule has 0 aliphatic rings. The summed E-state index contributed by atoms with van der Waals surface area (Å²) in [7, 11) is 1.93. The van der Waals surface area contributed by atoms with Gasteiger partial charge < -0.3 is 15.0 Å². The Kier molecular flexibility index (Phi) is 4.02. The zero-order chi connectivity index (χ0) is 16.4. The Balaban J connectivity index is 1.71. The zero-order valence-electron chi connectivity index (χ0n) is 12.7. The molecule has 0 saturated carbocycles. The Bertz CT molecular complexity index is 871. The number of phenolic OH excluding ortho intramolecular Hbond substituents is 1. The minimum atomic E-state index is -0.528. The lowest BCUT2D eigenvalue weighted by Crippen LogP contribution is -2.26. The van der Waals surface area contributed by atoms with Gasteiger partial charge in [-0.05, 0) is 42.3 Å². The highest BCUT2D eigenvalue weighted by Crippen LogP contribution is 2.25. The quantitative estimate of drug-likeness (QED) is 0.778. The molecule has 23 heavy (non-hydrogen) atoms. The van der Waals surface area contributed by atoms with E-state index in [-0.39, 0.29) is 11.3 Å².